The Bertz CT molecular complexity index is 1130. The Kier molecular flexibility index (Phi) is 3.24. The summed E-state index contributed by atoms with van der Waals surface area (Å²) in [6.45, 7) is 0. The molecule has 1 aliphatic rings. The van der Waals surface area contributed by atoms with Crippen LogP contribution in [0, 0.1) is 0 Å². The van der Waals surface area contributed by atoms with Crippen molar-refractivity contribution in [1.82, 2.24) is 19.7 Å². The predicted octanol–water partition coefficient (Wildman–Crippen LogP) is 3.78. The van der Waals surface area contributed by atoms with E-state index in [-0.39, 0.29) is 5.56 Å². The summed E-state index contributed by atoms with van der Waals surface area (Å²) in [4.78, 5) is 17.9. The van der Waals surface area contributed by atoms with Gasteiger partial charge >= 0.3 is 0 Å². The lowest BCUT2D eigenvalue weighted by atomic mass is 10.2. The molecular formula is C19H14N4OS. The van der Waals surface area contributed by atoms with E-state index < -0.39 is 0 Å². The monoisotopic (exact) mass is 346 g/mol. The SMILES string of the molecule is O=c1c2ccccc2nc(-c2ccccc2)n1-c1nnc(C2CC2)s1. The number of aromatic nitrogens is 4. The number of nitrogens with zero attached hydrogens (tertiary/aromatic N) is 4. The molecule has 4 aromatic rings. The van der Waals surface area contributed by atoms with Gasteiger partial charge < -0.3 is 0 Å². The topological polar surface area (TPSA) is 60.7 Å². The Morgan fingerprint density at radius 3 is 2.52 bits per heavy atom. The number of hydrogen-bond acceptors (Lipinski definition) is 5. The fourth-order valence-corrected chi connectivity index (χ4v) is 3.92. The molecule has 1 aliphatic carbocycles. The van der Waals surface area contributed by atoms with Gasteiger partial charge in [-0.3, -0.25) is 4.79 Å². The zero-order valence-electron chi connectivity index (χ0n) is 13.3. The van der Waals surface area contributed by atoms with E-state index in [1.54, 1.807) is 10.6 Å². The highest BCUT2D eigenvalue weighted by Gasteiger charge is 2.28. The molecule has 1 saturated carbocycles. The Hall–Kier alpha value is -2.86. The van der Waals surface area contributed by atoms with Gasteiger partial charge in [-0.1, -0.05) is 53.8 Å². The van der Waals surface area contributed by atoms with Gasteiger partial charge in [0.25, 0.3) is 5.56 Å². The van der Waals surface area contributed by atoms with Gasteiger partial charge in [-0.05, 0) is 25.0 Å². The van der Waals surface area contributed by atoms with Crippen LogP contribution >= 0.6 is 11.3 Å². The molecule has 0 aliphatic heterocycles. The van der Waals surface area contributed by atoms with Crippen molar-refractivity contribution < 1.29 is 0 Å². The highest BCUT2D eigenvalue weighted by atomic mass is 32.1. The van der Waals surface area contributed by atoms with Crippen molar-refractivity contribution in [2.45, 2.75) is 18.8 Å². The van der Waals surface area contributed by atoms with Gasteiger partial charge in [0, 0.05) is 11.5 Å². The summed E-state index contributed by atoms with van der Waals surface area (Å²) in [5.74, 6) is 1.11. The molecule has 2 heterocycles. The number of fused-ring (bicyclic) bond motifs is 1. The van der Waals surface area contributed by atoms with Crippen molar-refractivity contribution in [2.24, 2.45) is 0 Å². The zero-order chi connectivity index (χ0) is 16.8. The highest BCUT2D eigenvalue weighted by molar-refractivity contribution is 7.13. The van der Waals surface area contributed by atoms with Crippen molar-refractivity contribution in [3.63, 3.8) is 0 Å². The lowest BCUT2D eigenvalue weighted by molar-refractivity contribution is 0.899. The van der Waals surface area contributed by atoms with Gasteiger partial charge in [-0.25, -0.2) is 9.55 Å². The molecule has 122 valence electrons. The number of rotatable bonds is 3. The van der Waals surface area contributed by atoms with Crippen molar-refractivity contribution >= 4 is 22.2 Å². The maximum Gasteiger partial charge on any atom is 0.268 e. The van der Waals surface area contributed by atoms with Crippen LogP contribution in [-0.2, 0) is 0 Å². The number of para-hydroxylation sites is 1. The van der Waals surface area contributed by atoms with Crippen LogP contribution < -0.4 is 5.56 Å². The molecule has 0 N–H and O–H groups in total. The van der Waals surface area contributed by atoms with Crippen LogP contribution in [0.5, 0.6) is 0 Å². The second-order valence-corrected chi connectivity index (χ2v) is 7.14. The molecule has 5 nitrogen and oxygen atoms in total. The molecule has 1 fully saturated rings. The Morgan fingerprint density at radius 2 is 1.72 bits per heavy atom. The van der Waals surface area contributed by atoms with Crippen LogP contribution in [0.1, 0.15) is 23.8 Å². The molecule has 2 aromatic heterocycles. The highest BCUT2D eigenvalue weighted by Crippen LogP contribution is 2.41. The van der Waals surface area contributed by atoms with Crippen LogP contribution in [0.3, 0.4) is 0 Å². The minimum Gasteiger partial charge on any atom is -0.268 e. The fourth-order valence-electron chi connectivity index (χ4n) is 2.90. The molecule has 25 heavy (non-hydrogen) atoms. The van der Waals surface area contributed by atoms with E-state index in [1.165, 1.54) is 11.3 Å². The van der Waals surface area contributed by atoms with E-state index in [0.717, 1.165) is 23.4 Å². The first-order valence-corrected chi connectivity index (χ1v) is 9.04. The molecule has 2 aromatic carbocycles. The molecule has 0 unspecified atom stereocenters. The molecule has 5 rings (SSSR count). The molecule has 0 amide bonds. The second kappa shape index (κ2) is 5.60. The average molecular weight is 346 g/mol. The van der Waals surface area contributed by atoms with Crippen LogP contribution in [0.15, 0.2) is 59.4 Å². The summed E-state index contributed by atoms with van der Waals surface area (Å²) in [5, 5.41) is 10.8. The summed E-state index contributed by atoms with van der Waals surface area (Å²) in [7, 11) is 0. The van der Waals surface area contributed by atoms with Gasteiger partial charge in [0.1, 0.15) is 10.8 Å². The van der Waals surface area contributed by atoms with Crippen LogP contribution in [0.4, 0.5) is 0 Å². The maximum absolute atomic E-state index is 13.2. The van der Waals surface area contributed by atoms with Gasteiger partial charge in [-0.15, -0.1) is 10.2 Å². The van der Waals surface area contributed by atoms with Crippen molar-refractivity contribution in [3.05, 3.63) is 70.0 Å². The summed E-state index contributed by atoms with van der Waals surface area (Å²) in [6.07, 6.45) is 2.32. The quantitative estimate of drug-likeness (QED) is 0.566. The standard InChI is InChI=1S/C19H14N4OS/c24-18-14-8-4-5-9-15(14)20-16(12-6-2-1-3-7-12)23(18)19-22-21-17(25-19)13-10-11-13/h1-9,13H,10-11H2. The third-order valence-corrected chi connectivity index (χ3v) is 5.43. The zero-order valence-corrected chi connectivity index (χ0v) is 14.1. The molecule has 0 spiro atoms. The summed E-state index contributed by atoms with van der Waals surface area (Å²) in [6, 6.07) is 17.2. The lowest BCUT2D eigenvalue weighted by Gasteiger charge is -2.10. The van der Waals surface area contributed by atoms with E-state index in [9.17, 15) is 4.79 Å². The minimum atomic E-state index is -0.108. The Balaban J connectivity index is 1.82. The van der Waals surface area contributed by atoms with Gasteiger partial charge in [0.15, 0.2) is 0 Å². The number of benzene rings is 2. The third kappa shape index (κ3) is 2.46. The van der Waals surface area contributed by atoms with Crippen LogP contribution in [0.2, 0.25) is 0 Å². The first kappa shape index (κ1) is 14.5. The van der Waals surface area contributed by atoms with Crippen LogP contribution in [-0.4, -0.2) is 19.7 Å². The smallest absolute Gasteiger partial charge is 0.268 e. The van der Waals surface area contributed by atoms with Gasteiger partial charge in [-0.2, -0.15) is 0 Å². The van der Waals surface area contributed by atoms with E-state index >= 15 is 0 Å². The number of hydrogen-bond donors (Lipinski definition) is 0. The van der Waals surface area contributed by atoms with Gasteiger partial charge in [0.2, 0.25) is 5.13 Å². The van der Waals surface area contributed by atoms with Gasteiger partial charge in [0.05, 0.1) is 10.9 Å². The van der Waals surface area contributed by atoms with Crippen molar-refractivity contribution in [1.29, 1.82) is 0 Å². The summed E-state index contributed by atoms with van der Waals surface area (Å²) >= 11 is 1.49. The molecule has 0 saturated heterocycles. The molecule has 6 heteroatoms. The Morgan fingerprint density at radius 1 is 0.960 bits per heavy atom. The second-order valence-electron chi connectivity index (χ2n) is 6.16. The molecule has 0 atom stereocenters. The lowest BCUT2D eigenvalue weighted by Crippen LogP contribution is -2.21. The largest absolute Gasteiger partial charge is 0.268 e. The van der Waals surface area contributed by atoms with E-state index in [4.69, 9.17) is 4.98 Å². The fraction of sp³-hybridized carbons (Fsp3) is 0.158. The molecular weight excluding hydrogens is 332 g/mol. The van der Waals surface area contributed by atoms with Crippen molar-refractivity contribution in [2.75, 3.05) is 0 Å². The summed E-state index contributed by atoms with van der Waals surface area (Å²) < 4.78 is 1.60. The van der Waals surface area contributed by atoms with E-state index in [0.29, 0.717) is 27.8 Å². The Labute approximate surface area is 147 Å². The first-order valence-electron chi connectivity index (χ1n) is 8.22. The first-order chi connectivity index (χ1) is 12.3. The maximum atomic E-state index is 13.2. The molecule has 0 radical (unpaired) electrons. The average Bonchev–Trinajstić information content (AvgIpc) is 3.40. The normalized spacial score (nSPS) is 14.1. The predicted molar refractivity (Wildman–Crippen MR) is 98.2 cm³/mol. The molecule has 0 bridgehead atoms. The van der Waals surface area contributed by atoms with E-state index in [1.807, 2.05) is 48.5 Å². The van der Waals surface area contributed by atoms with Crippen molar-refractivity contribution in [3.8, 4) is 16.5 Å². The third-order valence-electron chi connectivity index (χ3n) is 4.36. The van der Waals surface area contributed by atoms with E-state index in [2.05, 4.69) is 10.2 Å². The van der Waals surface area contributed by atoms with Crippen LogP contribution in [0.25, 0.3) is 27.4 Å². The summed E-state index contributed by atoms with van der Waals surface area (Å²) in [5.41, 5.74) is 1.46. The minimum absolute atomic E-state index is 0.108.